The Bertz CT molecular complexity index is 1120. The number of hydrogen-bond acceptors (Lipinski definition) is 5. The van der Waals surface area contributed by atoms with Crippen molar-refractivity contribution in [3.8, 4) is 17.6 Å². The van der Waals surface area contributed by atoms with Crippen molar-refractivity contribution in [2.24, 2.45) is 5.10 Å². The maximum atomic E-state index is 12.0. The number of nitriles is 1. The molecule has 0 atom stereocenters. The lowest BCUT2D eigenvalue weighted by molar-refractivity contribution is -0.120. The highest BCUT2D eigenvalue weighted by Gasteiger charge is 2.07. The molecule has 0 aliphatic carbocycles. The molecule has 0 fully saturated rings. The van der Waals surface area contributed by atoms with Crippen LogP contribution < -0.4 is 14.9 Å². The lowest BCUT2D eigenvalue weighted by Gasteiger charge is -2.11. The molecule has 7 heteroatoms. The van der Waals surface area contributed by atoms with Gasteiger partial charge in [0.05, 0.1) is 31.4 Å². The summed E-state index contributed by atoms with van der Waals surface area (Å²) in [6, 6.07) is 22.3. The van der Waals surface area contributed by atoms with Gasteiger partial charge < -0.3 is 9.47 Å². The predicted octanol–water partition coefficient (Wildman–Crippen LogP) is 4.60. The second kappa shape index (κ2) is 11.0. The van der Waals surface area contributed by atoms with Gasteiger partial charge >= 0.3 is 0 Å². The second-order valence-electron chi connectivity index (χ2n) is 6.61. The van der Waals surface area contributed by atoms with E-state index in [4.69, 9.17) is 14.7 Å². The molecule has 1 amide bonds. The van der Waals surface area contributed by atoms with Crippen molar-refractivity contribution >= 4 is 28.1 Å². The van der Waals surface area contributed by atoms with Gasteiger partial charge in [0, 0.05) is 4.47 Å². The first-order chi connectivity index (χ1) is 15.1. The fourth-order valence-electron chi connectivity index (χ4n) is 2.78. The van der Waals surface area contributed by atoms with Gasteiger partial charge in [0.1, 0.15) is 6.61 Å². The third-order valence-electron chi connectivity index (χ3n) is 4.32. The fourth-order valence-corrected chi connectivity index (χ4v) is 3.05. The van der Waals surface area contributed by atoms with Crippen molar-refractivity contribution in [3.63, 3.8) is 0 Å². The highest BCUT2D eigenvalue weighted by molar-refractivity contribution is 9.10. The van der Waals surface area contributed by atoms with Crippen LogP contribution >= 0.6 is 15.9 Å². The van der Waals surface area contributed by atoms with Gasteiger partial charge in [0.2, 0.25) is 5.91 Å². The molecule has 0 unspecified atom stereocenters. The molecule has 0 heterocycles. The Labute approximate surface area is 189 Å². The molecule has 1 N–H and O–H groups in total. The molecule has 3 aromatic carbocycles. The average molecular weight is 478 g/mol. The lowest BCUT2D eigenvalue weighted by atomic mass is 10.1. The third-order valence-corrected chi connectivity index (χ3v) is 4.85. The molecule has 3 aromatic rings. The Morgan fingerprint density at radius 2 is 1.90 bits per heavy atom. The second-order valence-corrected chi connectivity index (χ2v) is 7.52. The number of nitrogens with zero attached hydrogens (tertiary/aromatic N) is 2. The van der Waals surface area contributed by atoms with Crippen LogP contribution in [0.15, 0.2) is 76.3 Å². The summed E-state index contributed by atoms with van der Waals surface area (Å²) in [6.07, 6.45) is 1.79. The van der Waals surface area contributed by atoms with E-state index < -0.39 is 0 Å². The summed E-state index contributed by atoms with van der Waals surface area (Å²) in [5.74, 6) is 0.910. The molecule has 0 radical (unpaired) electrons. The number of nitrogens with one attached hydrogen (secondary N) is 1. The van der Waals surface area contributed by atoms with Crippen molar-refractivity contribution in [1.29, 1.82) is 5.26 Å². The van der Waals surface area contributed by atoms with Gasteiger partial charge in [-0.3, -0.25) is 4.79 Å². The van der Waals surface area contributed by atoms with Crippen molar-refractivity contribution in [2.45, 2.75) is 13.0 Å². The number of hydrazone groups is 1. The van der Waals surface area contributed by atoms with E-state index in [9.17, 15) is 4.79 Å². The SMILES string of the molecule is COc1cc(/C=N/NC(=O)Cc2ccc(Br)cc2)ccc1OCc1cccc(C#N)c1. The number of rotatable bonds is 8. The van der Waals surface area contributed by atoms with E-state index >= 15 is 0 Å². The number of hydrogen-bond donors (Lipinski definition) is 1. The summed E-state index contributed by atoms with van der Waals surface area (Å²) >= 11 is 3.37. The van der Waals surface area contributed by atoms with E-state index in [1.54, 1.807) is 37.6 Å². The fraction of sp³-hybridized carbons (Fsp3) is 0.125. The molecule has 31 heavy (non-hydrogen) atoms. The van der Waals surface area contributed by atoms with Crippen molar-refractivity contribution < 1.29 is 14.3 Å². The van der Waals surface area contributed by atoms with E-state index in [0.29, 0.717) is 23.7 Å². The smallest absolute Gasteiger partial charge is 0.244 e. The van der Waals surface area contributed by atoms with Gasteiger partial charge in [0.15, 0.2) is 11.5 Å². The molecule has 6 nitrogen and oxygen atoms in total. The maximum Gasteiger partial charge on any atom is 0.244 e. The Morgan fingerprint density at radius 1 is 1.10 bits per heavy atom. The summed E-state index contributed by atoms with van der Waals surface area (Å²) in [5.41, 5.74) is 5.65. The monoisotopic (exact) mass is 477 g/mol. The number of benzene rings is 3. The minimum atomic E-state index is -0.204. The van der Waals surface area contributed by atoms with E-state index in [0.717, 1.165) is 21.2 Å². The Kier molecular flexibility index (Phi) is 7.79. The molecule has 0 saturated heterocycles. The summed E-state index contributed by atoms with van der Waals surface area (Å²) in [7, 11) is 1.55. The normalized spacial score (nSPS) is 10.5. The van der Waals surface area contributed by atoms with E-state index in [-0.39, 0.29) is 12.3 Å². The number of amides is 1. The van der Waals surface area contributed by atoms with Crippen molar-refractivity contribution in [3.05, 3.63) is 93.5 Å². The zero-order valence-corrected chi connectivity index (χ0v) is 18.4. The van der Waals surface area contributed by atoms with E-state index in [1.165, 1.54) is 0 Å². The Morgan fingerprint density at radius 3 is 2.65 bits per heavy atom. The largest absolute Gasteiger partial charge is 0.493 e. The molecule has 0 aliphatic heterocycles. The van der Waals surface area contributed by atoms with Crippen LogP contribution in [0.5, 0.6) is 11.5 Å². The standard InChI is InChI=1S/C24H20BrN3O3/c1-30-23-12-19(15-27-28-24(29)13-17-5-8-21(25)9-6-17)7-10-22(23)31-16-20-4-2-3-18(11-20)14-26/h2-12,15H,13,16H2,1H3,(H,28,29)/b27-15+. The molecular formula is C24H20BrN3O3. The topological polar surface area (TPSA) is 83.7 Å². The number of methoxy groups -OCH3 is 1. The van der Waals surface area contributed by atoms with Crippen LogP contribution in [0, 0.1) is 11.3 Å². The van der Waals surface area contributed by atoms with Gasteiger partial charge in [-0.15, -0.1) is 0 Å². The summed E-state index contributed by atoms with van der Waals surface area (Å²) in [5, 5.41) is 13.0. The number of halogens is 1. The van der Waals surface area contributed by atoms with Crippen molar-refractivity contribution in [2.75, 3.05) is 7.11 Å². The van der Waals surface area contributed by atoms with Gasteiger partial charge in [-0.1, -0.05) is 40.2 Å². The van der Waals surface area contributed by atoms with Crippen LogP contribution in [0.4, 0.5) is 0 Å². The minimum Gasteiger partial charge on any atom is -0.493 e. The molecule has 0 aliphatic rings. The zero-order chi connectivity index (χ0) is 22.1. The summed E-state index contributed by atoms with van der Waals surface area (Å²) in [4.78, 5) is 12.0. The van der Waals surface area contributed by atoms with Gasteiger partial charge in [0.25, 0.3) is 0 Å². The highest BCUT2D eigenvalue weighted by atomic mass is 79.9. The van der Waals surface area contributed by atoms with Gasteiger partial charge in [-0.05, 0) is 59.2 Å². The number of carbonyl (C=O) groups is 1. The highest BCUT2D eigenvalue weighted by Crippen LogP contribution is 2.28. The molecule has 0 saturated carbocycles. The summed E-state index contributed by atoms with van der Waals surface area (Å²) in [6.45, 7) is 0.311. The quantitative estimate of drug-likeness (QED) is 0.379. The molecule has 0 bridgehead atoms. The number of carbonyl (C=O) groups excluding carboxylic acids is 1. The first-order valence-electron chi connectivity index (χ1n) is 9.43. The van der Waals surface area contributed by atoms with Crippen LogP contribution in [0.1, 0.15) is 22.3 Å². The zero-order valence-electron chi connectivity index (χ0n) is 16.8. The molecule has 0 spiro atoms. The van der Waals surface area contributed by atoms with E-state index in [2.05, 4.69) is 32.5 Å². The third kappa shape index (κ3) is 6.69. The minimum absolute atomic E-state index is 0.204. The van der Waals surface area contributed by atoms with Gasteiger partial charge in [-0.25, -0.2) is 5.43 Å². The molecule has 3 rings (SSSR count). The average Bonchev–Trinajstić information content (AvgIpc) is 2.79. The summed E-state index contributed by atoms with van der Waals surface area (Å²) < 4.78 is 12.2. The van der Waals surface area contributed by atoms with Crippen LogP contribution in [0.25, 0.3) is 0 Å². The molecule has 0 aromatic heterocycles. The van der Waals surface area contributed by atoms with Gasteiger partial charge in [-0.2, -0.15) is 10.4 Å². The lowest BCUT2D eigenvalue weighted by Crippen LogP contribution is -2.19. The Hall–Kier alpha value is -3.63. The first-order valence-corrected chi connectivity index (χ1v) is 10.2. The van der Waals surface area contributed by atoms with Crippen LogP contribution in [-0.4, -0.2) is 19.2 Å². The van der Waals surface area contributed by atoms with E-state index in [1.807, 2.05) is 42.5 Å². The van der Waals surface area contributed by atoms with Crippen LogP contribution in [0.2, 0.25) is 0 Å². The van der Waals surface area contributed by atoms with Crippen LogP contribution in [0.3, 0.4) is 0 Å². The number of ether oxygens (including phenoxy) is 2. The molecular weight excluding hydrogens is 458 g/mol. The Balaban J connectivity index is 1.57. The maximum absolute atomic E-state index is 12.0. The predicted molar refractivity (Wildman–Crippen MR) is 122 cm³/mol. The molecule has 156 valence electrons. The first kappa shape index (κ1) is 22.1. The van der Waals surface area contributed by atoms with Crippen LogP contribution in [-0.2, 0) is 17.8 Å². The van der Waals surface area contributed by atoms with Crippen molar-refractivity contribution in [1.82, 2.24) is 5.43 Å².